The van der Waals surface area contributed by atoms with Crippen molar-refractivity contribution in [3.8, 4) is 0 Å². The van der Waals surface area contributed by atoms with Gasteiger partial charge in [-0.05, 0) is 19.3 Å². The molecule has 0 spiro atoms. The number of carbonyl (C=O) groups is 3. The summed E-state index contributed by atoms with van der Waals surface area (Å²) in [6, 6.07) is 0. The first kappa shape index (κ1) is 25.4. The van der Waals surface area contributed by atoms with E-state index in [1.54, 1.807) is 0 Å². The van der Waals surface area contributed by atoms with Crippen LogP contribution in [-0.4, -0.2) is 44.9 Å². The van der Waals surface area contributed by atoms with Crippen molar-refractivity contribution in [1.29, 1.82) is 0 Å². The van der Waals surface area contributed by atoms with E-state index in [4.69, 9.17) is 14.9 Å². The van der Waals surface area contributed by atoms with E-state index >= 15 is 0 Å². The topological polar surface area (TPSA) is 121 Å². The van der Waals surface area contributed by atoms with Crippen LogP contribution >= 0.6 is 0 Å². The summed E-state index contributed by atoms with van der Waals surface area (Å²) in [6.07, 6.45) is 9.00. The molecule has 0 saturated heterocycles. The molecule has 0 radical (unpaired) electrons. The number of rotatable bonds is 17. The Labute approximate surface area is 162 Å². The predicted octanol–water partition coefficient (Wildman–Crippen LogP) is 3.91. The van der Waals surface area contributed by atoms with E-state index in [9.17, 15) is 19.5 Å². The van der Waals surface area contributed by atoms with Gasteiger partial charge in [-0.3, -0.25) is 9.59 Å². The number of ether oxygens (including phenoxy) is 1. The summed E-state index contributed by atoms with van der Waals surface area (Å²) >= 11 is 0. The maximum atomic E-state index is 12.1. The summed E-state index contributed by atoms with van der Waals surface area (Å²) in [4.78, 5) is 34.0. The zero-order chi connectivity index (χ0) is 20.7. The third-order valence-corrected chi connectivity index (χ3v) is 4.59. The third-order valence-electron chi connectivity index (χ3n) is 4.59. The summed E-state index contributed by atoms with van der Waals surface area (Å²) in [5, 5.41) is 27.8. The summed E-state index contributed by atoms with van der Waals surface area (Å²) in [5.41, 5.74) is -2.64. The summed E-state index contributed by atoms with van der Waals surface area (Å²) in [6.45, 7) is 4.21. The van der Waals surface area contributed by atoms with Crippen molar-refractivity contribution < 1.29 is 34.4 Å². The lowest BCUT2D eigenvalue weighted by molar-refractivity contribution is -0.173. The molecule has 7 heteroatoms. The van der Waals surface area contributed by atoms with Crippen molar-refractivity contribution >= 4 is 17.9 Å². The Balaban J connectivity index is 4.49. The molecule has 0 saturated carbocycles. The Bertz CT molecular complexity index is 450. The van der Waals surface area contributed by atoms with Gasteiger partial charge in [0.25, 0.3) is 0 Å². The van der Waals surface area contributed by atoms with Crippen LogP contribution in [0.1, 0.15) is 97.3 Å². The fourth-order valence-electron chi connectivity index (χ4n) is 2.95. The smallest absolute Gasteiger partial charge is 0.336 e. The number of hydrogen-bond donors (Lipinski definition) is 3. The minimum Gasteiger partial charge on any atom is -0.481 e. The molecular formula is C20H36O7. The number of hydrogen-bond acceptors (Lipinski definition) is 5. The monoisotopic (exact) mass is 388 g/mol. The third kappa shape index (κ3) is 12.4. The van der Waals surface area contributed by atoms with Gasteiger partial charge in [0.05, 0.1) is 12.8 Å². The fraction of sp³-hybridized carbons (Fsp3) is 0.850. The summed E-state index contributed by atoms with van der Waals surface area (Å²) < 4.78 is 5.37. The second-order valence-electron chi connectivity index (χ2n) is 7.25. The Morgan fingerprint density at radius 1 is 0.815 bits per heavy atom. The van der Waals surface area contributed by atoms with Crippen LogP contribution in [0.25, 0.3) is 0 Å². The van der Waals surface area contributed by atoms with Gasteiger partial charge in [-0.1, -0.05) is 65.2 Å². The zero-order valence-corrected chi connectivity index (χ0v) is 16.7. The lowest BCUT2D eigenvalue weighted by atomic mass is 9.95. The summed E-state index contributed by atoms with van der Waals surface area (Å²) in [7, 11) is 0. The zero-order valence-electron chi connectivity index (χ0n) is 16.7. The van der Waals surface area contributed by atoms with E-state index in [2.05, 4.69) is 6.92 Å². The first-order valence-electron chi connectivity index (χ1n) is 10.1. The molecule has 0 amide bonds. The van der Waals surface area contributed by atoms with E-state index in [0.29, 0.717) is 12.8 Å². The lowest BCUT2D eigenvalue weighted by Crippen LogP contribution is -2.43. The fourth-order valence-corrected chi connectivity index (χ4v) is 2.95. The number of esters is 1. The molecular weight excluding hydrogens is 352 g/mol. The van der Waals surface area contributed by atoms with Gasteiger partial charge in [-0.15, -0.1) is 0 Å². The van der Waals surface area contributed by atoms with Gasteiger partial charge in [0, 0.05) is 0 Å². The molecule has 0 aromatic rings. The van der Waals surface area contributed by atoms with Crippen LogP contribution in [0.15, 0.2) is 0 Å². The van der Waals surface area contributed by atoms with Gasteiger partial charge < -0.3 is 20.1 Å². The molecule has 0 aromatic carbocycles. The lowest BCUT2D eigenvalue weighted by Gasteiger charge is -2.23. The Kier molecular flexibility index (Phi) is 13.6. The SMILES string of the molecule is CCCCCCCCCC(CCCC)OC(=O)CC(O)(CC(=O)O)C(=O)O. The quantitative estimate of drug-likeness (QED) is 0.255. The highest BCUT2D eigenvalue weighted by molar-refractivity contribution is 5.88. The van der Waals surface area contributed by atoms with Gasteiger partial charge >= 0.3 is 17.9 Å². The van der Waals surface area contributed by atoms with E-state index in [1.807, 2.05) is 6.92 Å². The van der Waals surface area contributed by atoms with Gasteiger partial charge in [-0.2, -0.15) is 0 Å². The van der Waals surface area contributed by atoms with E-state index in [0.717, 1.165) is 32.1 Å². The summed E-state index contributed by atoms with van der Waals surface area (Å²) in [5.74, 6) is -4.09. The molecule has 0 fully saturated rings. The van der Waals surface area contributed by atoms with Crippen LogP contribution in [0.5, 0.6) is 0 Å². The normalized spacial score (nSPS) is 14.3. The molecule has 0 aliphatic rings. The van der Waals surface area contributed by atoms with Crippen LogP contribution in [0.2, 0.25) is 0 Å². The first-order valence-corrected chi connectivity index (χ1v) is 10.1. The van der Waals surface area contributed by atoms with Crippen LogP contribution in [0.4, 0.5) is 0 Å². The largest absolute Gasteiger partial charge is 0.481 e. The number of aliphatic hydroxyl groups is 1. The molecule has 27 heavy (non-hydrogen) atoms. The highest BCUT2D eigenvalue weighted by Gasteiger charge is 2.41. The molecule has 0 heterocycles. The number of carbonyl (C=O) groups excluding carboxylic acids is 1. The van der Waals surface area contributed by atoms with Gasteiger partial charge in [-0.25, -0.2) is 4.79 Å². The van der Waals surface area contributed by atoms with E-state index in [1.165, 1.54) is 25.7 Å². The average Bonchev–Trinajstić information content (AvgIpc) is 2.57. The van der Waals surface area contributed by atoms with Gasteiger partial charge in [0.15, 0.2) is 5.60 Å². The standard InChI is InChI=1S/C20H36O7/c1-3-5-7-8-9-10-11-13-16(12-6-4-2)27-18(23)15-20(26,19(24)25)14-17(21)22/h16,26H,3-15H2,1-2H3,(H,21,22)(H,24,25). The molecule has 2 unspecified atom stereocenters. The molecule has 7 nitrogen and oxygen atoms in total. The van der Waals surface area contributed by atoms with E-state index in [-0.39, 0.29) is 6.10 Å². The van der Waals surface area contributed by atoms with Crippen LogP contribution in [-0.2, 0) is 19.1 Å². The van der Waals surface area contributed by atoms with Gasteiger partial charge in [0.2, 0.25) is 0 Å². The molecule has 158 valence electrons. The molecule has 3 N–H and O–H groups in total. The number of carboxylic acid groups (broad SMARTS) is 2. The average molecular weight is 389 g/mol. The van der Waals surface area contributed by atoms with Crippen molar-refractivity contribution in [2.45, 2.75) is 109 Å². The first-order chi connectivity index (χ1) is 12.7. The Morgan fingerprint density at radius 3 is 1.85 bits per heavy atom. The second kappa shape index (κ2) is 14.4. The minimum absolute atomic E-state index is 0.323. The Morgan fingerprint density at radius 2 is 1.33 bits per heavy atom. The van der Waals surface area contributed by atoms with Crippen molar-refractivity contribution in [2.24, 2.45) is 0 Å². The minimum atomic E-state index is -2.64. The molecule has 2 atom stereocenters. The van der Waals surface area contributed by atoms with Crippen molar-refractivity contribution in [2.75, 3.05) is 0 Å². The molecule has 0 rings (SSSR count). The molecule has 0 bridgehead atoms. The van der Waals surface area contributed by atoms with E-state index < -0.39 is 36.4 Å². The molecule has 0 aromatic heterocycles. The van der Waals surface area contributed by atoms with Crippen LogP contribution < -0.4 is 0 Å². The maximum absolute atomic E-state index is 12.1. The maximum Gasteiger partial charge on any atom is 0.336 e. The van der Waals surface area contributed by atoms with Crippen LogP contribution in [0, 0.1) is 0 Å². The van der Waals surface area contributed by atoms with Crippen molar-refractivity contribution in [3.63, 3.8) is 0 Å². The predicted molar refractivity (Wildman–Crippen MR) is 101 cm³/mol. The molecule has 0 aliphatic heterocycles. The van der Waals surface area contributed by atoms with Crippen LogP contribution in [0.3, 0.4) is 0 Å². The number of aliphatic carboxylic acids is 2. The van der Waals surface area contributed by atoms with Crippen molar-refractivity contribution in [1.82, 2.24) is 0 Å². The number of carboxylic acids is 2. The molecule has 0 aliphatic carbocycles. The highest BCUT2D eigenvalue weighted by atomic mass is 16.5. The Hall–Kier alpha value is -1.63. The number of unbranched alkanes of at least 4 members (excludes halogenated alkanes) is 7. The van der Waals surface area contributed by atoms with Crippen molar-refractivity contribution in [3.05, 3.63) is 0 Å². The second-order valence-corrected chi connectivity index (χ2v) is 7.25. The van der Waals surface area contributed by atoms with Gasteiger partial charge in [0.1, 0.15) is 6.10 Å². The highest BCUT2D eigenvalue weighted by Crippen LogP contribution is 2.20.